The molecule has 0 spiro atoms. The van der Waals surface area contributed by atoms with Crippen LogP contribution in [0.15, 0.2) is 82.6 Å². The molecule has 1 aliphatic rings. The van der Waals surface area contributed by atoms with E-state index >= 15 is 0 Å². The van der Waals surface area contributed by atoms with Crippen LogP contribution in [-0.2, 0) is 20.6 Å². The first kappa shape index (κ1) is 24.8. The van der Waals surface area contributed by atoms with E-state index in [1.54, 1.807) is 36.0 Å². The number of sulfonamides is 1. The van der Waals surface area contributed by atoms with Crippen LogP contribution in [0.25, 0.3) is 0 Å². The molecule has 0 bridgehead atoms. The van der Waals surface area contributed by atoms with Crippen molar-refractivity contribution in [2.24, 2.45) is 5.92 Å². The van der Waals surface area contributed by atoms with Gasteiger partial charge in [-0.15, -0.1) is 11.8 Å². The van der Waals surface area contributed by atoms with Gasteiger partial charge >= 0.3 is 0 Å². The summed E-state index contributed by atoms with van der Waals surface area (Å²) in [5.41, 5.74) is 2.94. The fourth-order valence-electron chi connectivity index (χ4n) is 3.89. The summed E-state index contributed by atoms with van der Waals surface area (Å²) in [6.07, 6.45) is 0.994. The number of hydrogen-bond donors (Lipinski definition) is 1. The number of piperidine rings is 1. The highest BCUT2D eigenvalue weighted by atomic mass is 35.5. The molecule has 1 saturated heterocycles. The zero-order valence-electron chi connectivity index (χ0n) is 18.9. The Morgan fingerprint density at radius 3 is 2.32 bits per heavy atom. The van der Waals surface area contributed by atoms with Crippen molar-refractivity contribution in [1.82, 2.24) is 4.31 Å². The predicted molar refractivity (Wildman–Crippen MR) is 139 cm³/mol. The van der Waals surface area contributed by atoms with Gasteiger partial charge in [0, 0.05) is 34.7 Å². The molecule has 1 N–H and O–H groups in total. The highest BCUT2D eigenvalue weighted by molar-refractivity contribution is 7.98. The third-order valence-corrected chi connectivity index (χ3v) is 9.25. The molecular weight excluding hydrogens is 488 g/mol. The summed E-state index contributed by atoms with van der Waals surface area (Å²) in [7, 11) is -3.54. The van der Waals surface area contributed by atoms with E-state index < -0.39 is 10.0 Å². The van der Waals surface area contributed by atoms with Crippen LogP contribution in [0, 0.1) is 12.8 Å². The van der Waals surface area contributed by atoms with Gasteiger partial charge in [0.05, 0.1) is 10.6 Å². The Hall–Kier alpha value is -2.32. The molecular formula is C26H27ClN2O3S2. The summed E-state index contributed by atoms with van der Waals surface area (Å²) < 4.78 is 27.4. The molecule has 1 fully saturated rings. The normalized spacial score (nSPS) is 15.2. The Morgan fingerprint density at radius 2 is 1.65 bits per heavy atom. The number of benzene rings is 3. The van der Waals surface area contributed by atoms with Crippen molar-refractivity contribution in [3.63, 3.8) is 0 Å². The highest BCUT2D eigenvalue weighted by Crippen LogP contribution is 2.31. The Kier molecular flexibility index (Phi) is 7.99. The van der Waals surface area contributed by atoms with Gasteiger partial charge in [-0.1, -0.05) is 53.6 Å². The van der Waals surface area contributed by atoms with E-state index in [9.17, 15) is 13.2 Å². The van der Waals surface area contributed by atoms with Crippen LogP contribution < -0.4 is 5.32 Å². The van der Waals surface area contributed by atoms with Crippen LogP contribution in [0.5, 0.6) is 0 Å². The molecule has 3 aromatic rings. The molecule has 0 atom stereocenters. The van der Waals surface area contributed by atoms with Crippen LogP contribution in [0.2, 0.25) is 5.02 Å². The Bertz CT molecular complexity index is 1240. The molecule has 4 rings (SSSR count). The predicted octanol–water partition coefficient (Wildman–Crippen LogP) is 5.98. The lowest BCUT2D eigenvalue weighted by Gasteiger charge is -2.30. The van der Waals surface area contributed by atoms with Gasteiger partial charge in [0.1, 0.15) is 0 Å². The van der Waals surface area contributed by atoms with Crippen molar-refractivity contribution in [3.05, 3.63) is 88.9 Å². The van der Waals surface area contributed by atoms with Crippen LogP contribution in [0.3, 0.4) is 0 Å². The number of carbonyl (C=O) groups excluding carboxylic acids is 1. The first-order chi connectivity index (χ1) is 16.3. The van der Waals surface area contributed by atoms with E-state index in [-0.39, 0.29) is 11.8 Å². The number of hydrogen-bond acceptors (Lipinski definition) is 4. The molecule has 1 aliphatic heterocycles. The van der Waals surface area contributed by atoms with Gasteiger partial charge in [-0.05, 0) is 61.7 Å². The fraction of sp³-hybridized carbons (Fsp3) is 0.269. The van der Waals surface area contributed by atoms with E-state index in [4.69, 9.17) is 11.6 Å². The largest absolute Gasteiger partial charge is 0.325 e. The molecule has 0 unspecified atom stereocenters. The molecule has 178 valence electrons. The van der Waals surface area contributed by atoms with Crippen molar-refractivity contribution in [1.29, 1.82) is 0 Å². The number of carbonyl (C=O) groups is 1. The molecule has 0 aromatic heterocycles. The van der Waals surface area contributed by atoms with E-state index in [0.717, 1.165) is 27.5 Å². The number of thioether (sulfide) groups is 1. The number of nitrogens with zero attached hydrogens (tertiary/aromatic N) is 1. The Morgan fingerprint density at radius 1 is 1.00 bits per heavy atom. The first-order valence-corrected chi connectivity index (χ1v) is 14.0. The van der Waals surface area contributed by atoms with Gasteiger partial charge in [-0.3, -0.25) is 4.79 Å². The third-order valence-electron chi connectivity index (χ3n) is 5.94. The van der Waals surface area contributed by atoms with Crippen molar-refractivity contribution < 1.29 is 13.2 Å². The van der Waals surface area contributed by atoms with Crippen LogP contribution >= 0.6 is 23.4 Å². The van der Waals surface area contributed by atoms with Crippen molar-refractivity contribution in [3.8, 4) is 0 Å². The monoisotopic (exact) mass is 514 g/mol. The average molecular weight is 515 g/mol. The second-order valence-corrected chi connectivity index (χ2v) is 11.8. The van der Waals surface area contributed by atoms with Gasteiger partial charge in [-0.2, -0.15) is 4.31 Å². The summed E-state index contributed by atoms with van der Waals surface area (Å²) >= 11 is 7.62. The molecule has 5 nitrogen and oxygen atoms in total. The minimum atomic E-state index is -3.54. The number of nitrogens with one attached hydrogen (secondary N) is 1. The first-order valence-electron chi connectivity index (χ1n) is 11.2. The molecule has 0 aliphatic carbocycles. The topological polar surface area (TPSA) is 66.5 Å². The van der Waals surface area contributed by atoms with E-state index in [1.807, 2.05) is 55.5 Å². The average Bonchev–Trinajstić information content (AvgIpc) is 2.85. The van der Waals surface area contributed by atoms with Crippen molar-refractivity contribution in [2.75, 3.05) is 18.4 Å². The van der Waals surface area contributed by atoms with Crippen molar-refractivity contribution >= 4 is 45.0 Å². The zero-order valence-corrected chi connectivity index (χ0v) is 21.3. The maximum atomic E-state index is 13.0. The summed E-state index contributed by atoms with van der Waals surface area (Å²) in [5.74, 6) is 0.477. The van der Waals surface area contributed by atoms with E-state index in [0.29, 0.717) is 35.8 Å². The third kappa shape index (κ3) is 6.02. The maximum absolute atomic E-state index is 13.0. The number of anilines is 1. The van der Waals surface area contributed by atoms with Gasteiger partial charge in [0.25, 0.3) is 0 Å². The number of amides is 1. The number of rotatable bonds is 7. The van der Waals surface area contributed by atoms with Crippen LogP contribution in [0.4, 0.5) is 5.69 Å². The zero-order chi connectivity index (χ0) is 24.1. The van der Waals surface area contributed by atoms with Gasteiger partial charge < -0.3 is 5.32 Å². The lowest BCUT2D eigenvalue weighted by molar-refractivity contribution is -0.120. The van der Waals surface area contributed by atoms with Crippen LogP contribution in [-0.4, -0.2) is 31.7 Å². The highest BCUT2D eigenvalue weighted by Gasteiger charge is 2.32. The molecule has 0 saturated carbocycles. The number of para-hydroxylation sites is 1. The molecule has 1 heterocycles. The maximum Gasteiger partial charge on any atom is 0.243 e. The minimum absolute atomic E-state index is 0.0630. The van der Waals surface area contributed by atoms with Crippen LogP contribution in [0.1, 0.15) is 24.0 Å². The molecule has 8 heteroatoms. The summed E-state index contributed by atoms with van der Waals surface area (Å²) in [6, 6.07) is 22.4. The van der Waals surface area contributed by atoms with E-state index in [1.165, 1.54) is 4.31 Å². The lowest BCUT2D eigenvalue weighted by Crippen LogP contribution is -2.41. The van der Waals surface area contributed by atoms with Crippen molar-refractivity contribution in [2.45, 2.75) is 35.3 Å². The quantitative estimate of drug-likeness (QED) is 0.394. The standard InChI is InChI=1S/C26H27ClN2O3S2/c1-19-6-12-23(13-7-19)34(31,32)29-16-14-21(15-17-29)26(30)28-24-4-2-3-5-25(24)33-18-20-8-10-22(27)11-9-20/h2-13,21H,14-18H2,1H3,(H,28,30). The second kappa shape index (κ2) is 11.0. The fourth-order valence-corrected chi connectivity index (χ4v) is 6.45. The summed E-state index contributed by atoms with van der Waals surface area (Å²) in [5, 5.41) is 3.78. The Balaban J connectivity index is 1.35. The van der Waals surface area contributed by atoms with Gasteiger partial charge in [0.2, 0.25) is 15.9 Å². The molecule has 3 aromatic carbocycles. The molecule has 34 heavy (non-hydrogen) atoms. The van der Waals surface area contributed by atoms with Gasteiger partial charge in [0.15, 0.2) is 0 Å². The minimum Gasteiger partial charge on any atom is -0.325 e. The number of halogens is 1. The number of aryl methyl sites for hydroxylation is 1. The van der Waals surface area contributed by atoms with Gasteiger partial charge in [-0.25, -0.2) is 8.42 Å². The smallest absolute Gasteiger partial charge is 0.243 e. The molecule has 1 amide bonds. The SMILES string of the molecule is Cc1ccc(S(=O)(=O)N2CCC(C(=O)Nc3ccccc3SCc3ccc(Cl)cc3)CC2)cc1. The Labute approximate surface area is 210 Å². The summed E-state index contributed by atoms with van der Waals surface area (Å²) in [6.45, 7) is 2.59. The second-order valence-electron chi connectivity index (χ2n) is 8.39. The molecule has 0 radical (unpaired) electrons. The summed E-state index contributed by atoms with van der Waals surface area (Å²) in [4.78, 5) is 14.3. The lowest BCUT2D eigenvalue weighted by atomic mass is 9.97. The van der Waals surface area contributed by atoms with E-state index in [2.05, 4.69) is 5.32 Å².